The Morgan fingerprint density at radius 3 is 2.65 bits per heavy atom. The minimum atomic E-state index is -0.263. The largest absolute Gasteiger partial charge is 0.495 e. The molecule has 0 spiro atoms. The molecule has 2 aromatic rings. The number of ether oxygens (including phenoxy) is 1. The minimum Gasteiger partial charge on any atom is -0.495 e. The zero-order chi connectivity index (χ0) is 12.3. The molecular weight excluding hydrogens is 240 g/mol. The second-order valence-electron chi connectivity index (χ2n) is 3.25. The second-order valence-corrected chi connectivity index (χ2v) is 3.66. The number of rotatable bonds is 3. The van der Waals surface area contributed by atoms with Gasteiger partial charge in [0.1, 0.15) is 5.75 Å². The SMILES string of the molecule is COc1cc(C(=O)c2ncccn2)ccc1Cl. The van der Waals surface area contributed by atoms with E-state index in [2.05, 4.69) is 9.97 Å². The van der Waals surface area contributed by atoms with E-state index in [1.165, 1.54) is 19.5 Å². The summed E-state index contributed by atoms with van der Waals surface area (Å²) in [6.07, 6.45) is 3.04. The number of methoxy groups -OCH3 is 1. The summed E-state index contributed by atoms with van der Waals surface area (Å²) in [5.41, 5.74) is 0.442. The van der Waals surface area contributed by atoms with Gasteiger partial charge in [-0.15, -0.1) is 0 Å². The third-order valence-electron chi connectivity index (χ3n) is 2.18. The maximum absolute atomic E-state index is 12.0. The zero-order valence-electron chi connectivity index (χ0n) is 9.05. The van der Waals surface area contributed by atoms with Crippen LogP contribution in [0.4, 0.5) is 0 Å². The maximum Gasteiger partial charge on any atom is 0.230 e. The van der Waals surface area contributed by atoms with Gasteiger partial charge in [0.05, 0.1) is 12.1 Å². The molecule has 0 N–H and O–H groups in total. The highest BCUT2D eigenvalue weighted by molar-refractivity contribution is 6.32. The molecule has 0 amide bonds. The fourth-order valence-electron chi connectivity index (χ4n) is 1.35. The Bertz CT molecular complexity index is 543. The standard InChI is InChI=1S/C12H9ClN2O2/c1-17-10-7-8(3-4-9(10)13)11(16)12-14-5-2-6-15-12/h2-7H,1H3. The van der Waals surface area contributed by atoms with Crippen molar-refractivity contribution in [1.29, 1.82) is 0 Å². The molecule has 0 atom stereocenters. The Morgan fingerprint density at radius 1 is 1.29 bits per heavy atom. The van der Waals surface area contributed by atoms with Crippen LogP contribution in [0, 0.1) is 0 Å². The average Bonchev–Trinajstić information content (AvgIpc) is 2.39. The van der Waals surface area contributed by atoms with Crippen LogP contribution >= 0.6 is 11.6 Å². The Balaban J connectivity index is 2.38. The molecule has 0 fully saturated rings. The molecule has 0 aliphatic heterocycles. The van der Waals surface area contributed by atoms with Crippen LogP contribution < -0.4 is 4.74 Å². The molecule has 0 saturated carbocycles. The number of nitrogens with zero attached hydrogens (tertiary/aromatic N) is 2. The number of benzene rings is 1. The Hall–Kier alpha value is -1.94. The van der Waals surface area contributed by atoms with Gasteiger partial charge < -0.3 is 4.74 Å². The van der Waals surface area contributed by atoms with Gasteiger partial charge in [-0.3, -0.25) is 4.79 Å². The summed E-state index contributed by atoms with van der Waals surface area (Å²) in [5.74, 6) is 0.339. The average molecular weight is 249 g/mol. The van der Waals surface area contributed by atoms with Crippen molar-refractivity contribution >= 4 is 17.4 Å². The molecule has 0 unspecified atom stereocenters. The molecule has 0 saturated heterocycles. The summed E-state index contributed by atoms with van der Waals surface area (Å²) < 4.78 is 5.05. The lowest BCUT2D eigenvalue weighted by Crippen LogP contribution is -2.06. The first-order valence-corrected chi connectivity index (χ1v) is 5.25. The molecule has 0 aliphatic carbocycles. The van der Waals surface area contributed by atoms with Crippen molar-refractivity contribution in [2.24, 2.45) is 0 Å². The van der Waals surface area contributed by atoms with Gasteiger partial charge in [0.15, 0.2) is 0 Å². The summed E-state index contributed by atoms with van der Waals surface area (Å²) in [7, 11) is 1.49. The maximum atomic E-state index is 12.0. The van der Waals surface area contributed by atoms with Crippen LogP contribution in [0.2, 0.25) is 5.02 Å². The smallest absolute Gasteiger partial charge is 0.230 e. The van der Waals surface area contributed by atoms with Crippen LogP contribution in [0.5, 0.6) is 5.75 Å². The highest BCUT2D eigenvalue weighted by Crippen LogP contribution is 2.25. The number of hydrogen-bond donors (Lipinski definition) is 0. The third kappa shape index (κ3) is 2.42. The molecule has 0 radical (unpaired) electrons. The van der Waals surface area contributed by atoms with E-state index in [1.54, 1.807) is 24.3 Å². The molecule has 4 nitrogen and oxygen atoms in total. The van der Waals surface area contributed by atoms with Crippen molar-refractivity contribution in [3.05, 3.63) is 53.1 Å². The van der Waals surface area contributed by atoms with Crippen molar-refractivity contribution in [2.45, 2.75) is 0 Å². The lowest BCUT2D eigenvalue weighted by atomic mass is 10.1. The summed E-state index contributed by atoms with van der Waals surface area (Å²) in [6, 6.07) is 6.44. The normalized spacial score (nSPS) is 10.0. The fourth-order valence-corrected chi connectivity index (χ4v) is 1.54. The first-order chi connectivity index (χ1) is 8.22. The number of carbonyl (C=O) groups excluding carboxylic acids is 1. The summed E-state index contributed by atoms with van der Waals surface area (Å²) in [4.78, 5) is 19.8. The fraction of sp³-hybridized carbons (Fsp3) is 0.0833. The van der Waals surface area contributed by atoms with E-state index < -0.39 is 0 Å². The van der Waals surface area contributed by atoms with Gasteiger partial charge in [-0.25, -0.2) is 9.97 Å². The first kappa shape index (κ1) is 11.5. The van der Waals surface area contributed by atoms with E-state index >= 15 is 0 Å². The van der Waals surface area contributed by atoms with Crippen molar-refractivity contribution < 1.29 is 9.53 Å². The molecule has 1 aromatic heterocycles. The van der Waals surface area contributed by atoms with Crippen molar-refractivity contribution in [1.82, 2.24) is 9.97 Å². The summed E-state index contributed by atoms with van der Waals surface area (Å²) >= 11 is 5.88. The van der Waals surface area contributed by atoms with Gasteiger partial charge in [0.25, 0.3) is 0 Å². The third-order valence-corrected chi connectivity index (χ3v) is 2.49. The first-order valence-electron chi connectivity index (χ1n) is 4.87. The van der Waals surface area contributed by atoms with E-state index in [9.17, 15) is 4.79 Å². The lowest BCUT2D eigenvalue weighted by molar-refractivity contribution is 0.102. The van der Waals surface area contributed by atoms with Crippen LogP contribution in [-0.4, -0.2) is 22.9 Å². The van der Waals surface area contributed by atoms with E-state index in [0.717, 1.165) is 0 Å². The summed E-state index contributed by atoms with van der Waals surface area (Å²) in [6.45, 7) is 0. The lowest BCUT2D eigenvalue weighted by Gasteiger charge is -2.05. The van der Waals surface area contributed by atoms with Gasteiger partial charge in [-0.05, 0) is 24.3 Å². The van der Waals surface area contributed by atoms with Crippen LogP contribution in [-0.2, 0) is 0 Å². The van der Waals surface area contributed by atoms with Gasteiger partial charge in [-0.2, -0.15) is 0 Å². The number of aromatic nitrogens is 2. The Labute approximate surface area is 103 Å². The summed E-state index contributed by atoms with van der Waals surface area (Å²) in [5, 5.41) is 0.457. The highest BCUT2D eigenvalue weighted by atomic mass is 35.5. The highest BCUT2D eigenvalue weighted by Gasteiger charge is 2.13. The molecule has 5 heteroatoms. The quantitative estimate of drug-likeness (QED) is 0.783. The molecule has 1 heterocycles. The second kappa shape index (κ2) is 4.93. The monoisotopic (exact) mass is 248 g/mol. The Kier molecular flexibility index (Phi) is 3.35. The molecule has 1 aromatic carbocycles. The Morgan fingerprint density at radius 2 is 2.00 bits per heavy atom. The van der Waals surface area contributed by atoms with E-state index in [4.69, 9.17) is 16.3 Å². The van der Waals surface area contributed by atoms with Gasteiger partial charge in [0.2, 0.25) is 11.6 Å². The molecule has 86 valence electrons. The van der Waals surface area contributed by atoms with Crippen LogP contribution in [0.1, 0.15) is 16.2 Å². The van der Waals surface area contributed by atoms with Gasteiger partial charge in [-0.1, -0.05) is 11.6 Å². The predicted molar refractivity (Wildman–Crippen MR) is 63.5 cm³/mol. The van der Waals surface area contributed by atoms with Gasteiger partial charge >= 0.3 is 0 Å². The van der Waals surface area contributed by atoms with Crippen LogP contribution in [0.15, 0.2) is 36.7 Å². The molecular formula is C12H9ClN2O2. The van der Waals surface area contributed by atoms with Crippen LogP contribution in [0.3, 0.4) is 0 Å². The van der Waals surface area contributed by atoms with Crippen molar-refractivity contribution in [3.63, 3.8) is 0 Å². The van der Waals surface area contributed by atoms with Gasteiger partial charge in [0, 0.05) is 18.0 Å². The van der Waals surface area contributed by atoms with Crippen molar-refractivity contribution in [3.8, 4) is 5.75 Å². The zero-order valence-corrected chi connectivity index (χ0v) is 9.81. The molecule has 17 heavy (non-hydrogen) atoms. The van der Waals surface area contributed by atoms with Crippen LogP contribution in [0.25, 0.3) is 0 Å². The minimum absolute atomic E-state index is 0.150. The number of carbonyl (C=O) groups is 1. The predicted octanol–water partition coefficient (Wildman–Crippen LogP) is 2.37. The number of ketones is 1. The molecule has 0 bridgehead atoms. The van der Waals surface area contributed by atoms with E-state index in [1.807, 2.05) is 0 Å². The number of halogens is 1. The number of hydrogen-bond acceptors (Lipinski definition) is 4. The van der Waals surface area contributed by atoms with Crippen molar-refractivity contribution in [2.75, 3.05) is 7.11 Å². The van der Waals surface area contributed by atoms with E-state index in [-0.39, 0.29) is 11.6 Å². The molecule has 2 rings (SSSR count). The van der Waals surface area contributed by atoms with E-state index in [0.29, 0.717) is 16.3 Å². The molecule has 0 aliphatic rings. The topological polar surface area (TPSA) is 52.1 Å².